The van der Waals surface area contributed by atoms with E-state index in [0.717, 1.165) is 32.7 Å². The number of piperazine rings is 1. The van der Waals surface area contributed by atoms with Crippen molar-refractivity contribution < 1.29 is 0 Å². The van der Waals surface area contributed by atoms with Crippen LogP contribution in [0.2, 0.25) is 0 Å². The first-order valence-corrected chi connectivity index (χ1v) is 8.02. The molecule has 4 heteroatoms. The minimum atomic E-state index is 0.617. The SMILES string of the molecule is NCc1ccccc1N1CCN(Cc2cccs2)CC1. The zero-order valence-corrected chi connectivity index (χ0v) is 12.5. The van der Waals surface area contributed by atoms with Gasteiger partial charge >= 0.3 is 0 Å². The molecule has 0 aliphatic carbocycles. The van der Waals surface area contributed by atoms with Crippen molar-refractivity contribution in [2.75, 3.05) is 31.1 Å². The average molecular weight is 287 g/mol. The predicted octanol–water partition coefficient (Wildman–Crippen LogP) is 2.53. The summed E-state index contributed by atoms with van der Waals surface area (Å²) in [4.78, 5) is 6.46. The quantitative estimate of drug-likeness (QED) is 0.938. The molecule has 2 heterocycles. The van der Waals surface area contributed by atoms with Gasteiger partial charge in [0.2, 0.25) is 0 Å². The molecule has 1 aliphatic heterocycles. The average Bonchev–Trinajstić information content (AvgIpc) is 3.01. The standard InChI is InChI=1S/C16H21N3S/c17-12-14-4-1-2-6-16(14)19-9-7-18(8-10-19)13-15-5-3-11-20-15/h1-6,11H,7-10,12-13,17H2. The zero-order chi connectivity index (χ0) is 13.8. The summed E-state index contributed by atoms with van der Waals surface area (Å²) < 4.78 is 0. The minimum Gasteiger partial charge on any atom is -0.369 e. The van der Waals surface area contributed by atoms with Gasteiger partial charge in [-0.2, -0.15) is 0 Å². The van der Waals surface area contributed by atoms with Crippen LogP contribution < -0.4 is 10.6 Å². The Bertz CT molecular complexity index is 530. The van der Waals surface area contributed by atoms with Crippen LogP contribution >= 0.6 is 11.3 Å². The second-order valence-electron chi connectivity index (χ2n) is 5.18. The van der Waals surface area contributed by atoms with E-state index in [1.165, 1.54) is 16.1 Å². The molecule has 2 aromatic rings. The molecule has 0 spiro atoms. The minimum absolute atomic E-state index is 0.617. The fraction of sp³-hybridized carbons (Fsp3) is 0.375. The van der Waals surface area contributed by atoms with Crippen LogP contribution in [-0.2, 0) is 13.1 Å². The lowest BCUT2D eigenvalue weighted by Crippen LogP contribution is -2.46. The van der Waals surface area contributed by atoms with Crippen molar-refractivity contribution >= 4 is 17.0 Å². The number of nitrogens with two attached hydrogens (primary N) is 1. The number of anilines is 1. The maximum absolute atomic E-state index is 5.84. The van der Waals surface area contributed by atoms with E-state index in [1.54, 1.807) is 0 Å². The van der Waals surface area contributed by atoms with Crippen LogP contribution in [-0.4, -0.2) is 31.1 Å². The van der Waals surface area contributed by atoms with Gasteiger partial charge in [-0.15, -0.1) is 11.3 Å². The first-order chi connectivity index (χ1) is 9.86. The van der Waals surface area contributed by atoms with Gasteiger partial charge in [0, 0.05) is 49.8 Å². The number of benzene rings is 1. The van der Waals surface area contributed by atoms with Gasteiger partial charge in [0.05, 0.1) is 0 Å². The van der Waals surface area contributed by atoms with Crippen LogP contribution in [0.25, 0.3) is 0 Å². The van der Waals surface area contributed by atoms with Gasteiger partial charge in [-0.05, 0) is 23.1 Å². The van der Waals surface area contributed by atoms with Crippen molar-refractivity contribution in [2.24, 2.45) is 5.73 Å². The van der Waals surface area contributed by atoms with Crippen molar-refractivity contribution in [3.8, 4) is 0 Å². The van der Waals surface area contributed by atoms with E-state index in [1.807, 2.05) is 11.3 Å². The molecule has 1 saturated heterocycles. The normalized spacial score (nSPS) is 16.6. The molecule has 0 unspecified atom stereocenters. The van der Waals surface area contributed by atoms with Crippen LogP contribution in [0.15, 0.2) is 41.8 Å². The summed E-state index contributed by atoms with van der Waals surface area (Å²) in [6, 6.07) is 12.9. The van der Waals surface area contributed by atoms with E-state index in [-0.39, 0.29) is 0 Å². The number of hydrogen-bond acceptors (Lipinski definition) is 4. The molecule has 0 saturated carbocycles. The number of nitrogens with zero attached hydrogens (tertiary/aromatic N) is 2. The van der Waals surface area contributed by atoms with Crippen molar-refractivity contribution in [2.45, 2.75) is 13.1 Å². The highest BCUT2D eigenvalue weighted by Gasteiger charge is 2.18. The Morgan fingerprint density at radius 3 is 2.50 bits per heavy atom. The third kappa shape index (κ3) is 3.03. The van der Waals surface area contributed by atoms with Crippen molar-refractivity contribution in [1.82, 2.24) is 4.90 Å². The number of rotatable bonds is 4. The molecule has 3 nitrogen and oxygen atoms in total. The van der Waals surface area contributed by atoms with Crippen LogP contribution in [0.5, 0.6) is 0 Å². The fourth-order valence-corrected chi connectivity index (χ4v) is 3.51. The lowest BCUT2D eigenvalue weighted by molar-refractivity contribution is 0.252. The Morgan fingerprint density at radius 1 is 1.00 bits per heavy atom. The monoisotopic (exact) mass is 287 g/mol. The number of thiophene rings is 1. The molecule has 20 heavy (non-hydrogen) atoms. The van der Waals surface area contributed by atoms with Gasteiger partial charge in [0.25, 0.3) is 0 Å². The van der Waals surface area contributed by atoms with E-state index in [9.17, 15) is 0 Å². The van der Waals surface area contributed by atoms with Crippen molar-refractivity contribution in [1.29, 1.82) is 0 Å². The molecule has 2 N–H and O–H groups in total. The first-order valence-electron chi connectivity index (χ1n) is 7.14. The second kappa shape index (κ2) is 6.39. The lowest BCUT2D eigenvalue weighted by Gasteiger charge is -2.36. The van der Waals surface area contributed by atoms with E-state index in [2.05, 4.69) is 51.6 Å². The van der Waals surface area contributed by atoms with Crippen LogP contribution in [0.1, 0.15) is 10.4 Å². The third-order valence-electron chi connectivity index (χ3n) is 3.88. The largest absolute Gasteiger partial charge is 0.369 e. The lowest BCUT2D eigenvalue weighted by atomic mass is 10.1. The summed E-state index contributed by atoms with van der Waals surface area (Å²) in [5.41, 5.74) is 8.40. The van der Waals surface area contributed by atoms with Gasteiger partial charge in [-0.1, -0.05) is 24.3 Å². The topological polar surface area (TPSA) is 32.5 Å². The maximum atomic E-state index is 5.84. The van der Waals surface area contributed by atoms with Crippen molar-refractivity contribution in [3.63, 3.8) is 0 Å². The van der Waals surface area contributed by atoms with Crippen LogP contribution in [0.3, 0.4) is 0 Å². The highest BCUT2D eigenvalue weighted by atomic mass is 32.1. The molecule has 1 aromatic heterocycles. The highest BCUT2D eigenvalue weighted by Crippen LogP contribution is 2.22. The number of para-hydroxylation sites is 1. The van der Waals surface area contributed by atoms with Gasteiger partial charge in [0.1, 0.15) is 0 Å². The van der Waals surface area contributed by atoms with Crippen LogP contribution in [0, 0.1) is 0 Å². The molecule has 1 aliphatic rings. The Kier molecular flexibility index (Phi) is 4.35. The molecule has 0 amide bonds. The molecule has 1 aromatic carbocycles. The maximum Gasteiger partial charge on any atom is 0.0412 e. The highest BCUT2D eigenvalue weighted by molar-refractivity contribution is 7.09. The molecule has 0 atom stereocenters. The Balaban J connectivity index is 1.60. The van der Waals surface area contributed by atoms with Gasteiger partial charge in [-0.25, -0.2) is 0 Å². The van der Waals surface area contributed by atoms with E-state index in [4.69, 9.17) is 5.73 Å². The Morgan fingerprint density at radius 2 is 1.80 bits per heavy atom. The van der Waals surface area contributed by atoms with Crippen LogP contribution in [0.4, 0.5) is 5.69 Å². The molecule has 3 rings (SSSR count). The molecule has 106 valence electrons. The third-order valence-corrected chi connectivity index (χ3v) is 4.75. The van der Waals surface area contributed by atoms with Gasteiger partial charge in [-0.3, -0.25) is 4.90 Å². The van der Waals surface area contributed by atoms with E-state index >= 15 is 0 Å². The summed E-state index contributed by atoms with van der Waals surface area (Å²) in [5, 5.41) is 2.16. The molecular weight excluding hydrogens is 266 g/mol. The number of hydrogen-bond donors (Lipinski definition) is 1. The first kappa shape index (κ1) is 13.6. The van der Waals surface area contributed by atoms with E-state index in [0.29, 0.717) is 6.54 Å². The molecule has 0 radical (unpaired) electrons. The summed E-state index contributed by atoms with van der Waals surface area (Å²) in [6.45, 7) is 6.12. The molecule has 1 fully saturated rings. The predicted molar refractivity (Wildman–Crippen MR) is 86.1 cm³/mol. The molecule has 0 bridgehead atoms. The zero-order valence-electron chi connectivity index (χ0n) is 11.7. The van der Waals surface area contributed by atoms with Crippen molar-refractivity contribution in [3.05, 3.63) is 52.2 Å². The Hall–Kier alpha value is -1.36. The van der Waals surface area contributed by atoms with E-state index < -0.39 is 0 Å². The summed E-state index contributed by atoms with van der Waals surface area (Å²) in [7, 11) is 0. The second-order valence-corrected chi connectivity index (χ2v) is 6.21. The summed E-state index contributed by atoms with van der Waals surface area (Å²) >= 11 is 1.85. The molecular formula is C16H21N3S. The fourth-order valence-electron chi connectivity index (χ4n) is 2.76. The summed E-state index contributed by atoms with van der Waals surface area (Å²) in [5.74, 6) is 0. The summed E-state index contributed by atoms with van der Waals surface area (Å²) in [6.07, 6.45) is 0. The van der Waals surface area contributed by atoms with Gasteiger partial charge < -0.3 is 10.6 Å². The Labute approximate surface area is 124 Å². The smallest absolute Gasteiger partial charge is 0.0412 e. The van der Waals surface area contributed by atoms with Gasteiger partial charge in [0.15, 0.2) is 0 Å².